The highest BCUT2D eigenvalue weighted by Crippen LogP contribution is 2.37. The van der Waals surface area contributed by atoms with E-state index in [0.29, 0.717) is 23.8 Å². The van der Waals surface area contributed by atoms with E-state index in [1.54, 1.807) is 4.68 Å². The van der Waals surface area contributed by atoms with Gasteiger partial charge in [0.2, 0.25) is 5.95 Å². The molecule has 12 nitrogen and oxygen atoms in total. The summed E-state index contributed by atoms with van der Waals surface area (Å²) in [5.41, 5.74) is 3.96. The lowest BCUT2D eigenvalue weighted by atomic mass is 9.89. The van der Waals surface area contributed by atoms with Crippen molar-refractivity contribution < 1.29 is 9.53 Å². The van der Waals surface area contributed by atoms with Crippen LogP contribution in [0.15, 0.2) is 47.8 Å². The average Bonchev–Trinajstić information content (AvgIpc) is 3.60. The van der Waals surface area contributed by atoms with Crippen molar-refractivity contribution >= 4 is 34.3 Å². The molecule has 1 saturated heterocycles. The van der Waals surface area contributed by atoms with Crippen molar-refractivity contribution in [3.63, 3.8) is 0 Å². The number of carbonyl (C=O) groups is 1. The minimum Gasteiger partial charge on any atom is -0.375 e. The second-order valence-corrected chi connectivity index (χ2v) is 10.5. The molecule has 2 N–H and O–H groups in total. The first-order valence-electron chi connectivity index (χ1n) is 13.1. The number of tetrazole rings is 1. The number of nitrogens with zero attached hydrogens (tertiary/aromatic N) is 8. The lowest BCUT2D eigenvalue weighted by Crippen LogP contribution is -2.44. The van der Waals surface area contributed by atoms with Gasteiger partial charge in [0.25, 0.3) is 5.91 Å². The van der Waals surface area contributed by atoms with Crippen molar-refractivity contribution in [2.45, 2.75) is 45.8 Å². The largest absolute Gasteiger partial charge is 0.375 e. The van der Waals surface area contributed by atoms with Crippen LogP contribution < -0.4 is 15.1 Å². The summed E-state index contributed by atoms with van der Waals surface area (Å²) in [6, 6.07) is 9.77. The van der Waals surface area contributed by atoms with Crippen molar-refractivity contribution in [2.75, 3.05) is 41.9 Å². The third-order valence-corrected chi connectivity index (χ3v) is 7.74. The molecule has 0 aliphatic carbocycles. The predicted octanol–water partition coefficient (Wildman–Crippen LogP) is 3.32. The van der Waals surface area contributed by atoms with Gasteiger partial charge in [-0.25, -0.2) is 9.67 Å². The zero-order chi connectivity index (χ0) is 27.3. The first-order valence-corrected chi connectivity index (χ1v) is 13.1. The van der Waals surface area contributed by atoms with Crippen molar-refractivity contribution in [1.29, 1.82) is 0 Å². The van der Waals surface area contributed by atoms with Crippen molar-refractivity contribution in [3.05, 3.63) is 47.8 Å². The average molecular weight is 529 g/mol. The Labute approximate surface area is 226 Å². The smallest absolute Gasteiger partial charge is 0.255 e. The molecule has 0 radical (unpaired) electrons. The number of aromatic nitrogens is 7. The molecule has 5 heterocycles. The van der Waals surface area contributed by atoms with Gasteiger partial charge in [-0.3, -0.25) is 9.89 Å². The summed E-state index contributed by atoms with van der Waals surface area (Å²) in [6.45, 7) is 10.2. The summed E-state index contributed by atoms with van der Waals surface area (Å²) < 4.78 is 7.50. The van der Waals surface area contributed by atoms with E-state index in [4.69, 9.17) is 4.74 Å². The van der Waals surface area contributed by atoms with E-state index in [0.717, 1.165) is 53.2 Å². The van der Waals surface area contributed by atoms with Gasteiger partial charge >= 0.3 is 0 Å². The van der Waals surface area contributed by atoms with Crippen molar-refractivity contribution in [2.24, 2.45) is 0 Å². The summed E-state index contributed by atoms with van der Waals surface area (Å²) in [7, 11) is 1.85. The van der Waals surface area contributed by atoms with Crippen molar-refractivity contribution in [1.82, 2.24) is 35.4 Å². The maximum absolute atomic E-state index is 13.6. The number of H-pyrrole nitrogens is 1. The molecule has 39 heavy (non-hydrogen) atoms. The number of rotatable bonds is 5. The lowest BCUT2D eigenvalue weighted by molar-refractivity contribution is -0.113. The number of allylic oxidation sites excluding steroid dienone is 1. The zero-order valence-electron chi connectivity index (χ0n) is 22.8. The fourth-order valence-electron chi connectivity index (χ4n) is 5.48. The van der Waals surface area contributed by atoms with Crippen LogP contribution in [0.1, 0.15) is 34.1 Å². The summed E-state index contributed by atoms with van der Waals surface area (Å²) in [5, 5.41) is 23.8. The Morgan fingerprint density at radius 1 is 1.26 bits per heavy atom. The fourth-order valence-corrected chi connectivity index (χ4v) is 5.48. The normalized spacial score (nSPS) is 18.9. The van der Waals surface area contributed by atoms with Crippen LogP contribution in [0.4, 0.5) is 17.5 Å². The van der Waals surface area contributed by atoms with Crippen LogP contribution in [0.25, 0.3) is 22.2 Å². The number of nitrogens with one attached hydrogen (secondary N) is 2. The van der Waals surface area contributed by atoms with Gasteiger partial charge in [-0.1, -0.05) is 12.0 Å². The Balaban J connectivity index is 1.30. The van der Waals surface area contributed by atoms with Crippen LogP contribution >= 0.6 is 0 Å². The number of anilines is 3. The first kappa shape index (κ1) is 25.0. The van der Waals surface area contributed by atoms with Crippen LogP contribution in [0.2, 0.25) is 0 Å². The van der Waals surface area contributed by atoms with Gasteiger partial charge in [0.1, 0.15) is 11.5 Å². The van der Waals surface area contributed by atoms with Gasteiger partial charge in [-0.15, -0.1) is 0 Å². The molecule has 1 atom stereocenters. The Morgan fingerprint density at radius 2 is 2.10 bits per heavy atom. The third kappa shape index (κ3) is 4.20. The summed E-state index contributed by atoms with van der Waals surface area (Å²) in [6.07, 6.45) is 2.99. The summed E-state index contributed by atoms with van der Waals surface area (Å²) in [4.78, 5) is 22.4. The number of ether oxygens (including phenoxy) is 1. The molecule has 1 aromatic carbocycles. The first-order chi connectivity index (χ1) is 18.8. The van der Waals surface area contributed by atoms with Crippen molar-refractivity contribution in [3.8, 4) is 11.3 Å². The molecule has 4 aromatic rings. The molecule has 202 valence electrons. The number of hydrogen-bond acceptors (Lipinski definition) is 9. The summed E-state index contributed by atoms with van der Waals surface area (Å²) in [5.74, 6) is 1.29. The Hall–Kier alpha value is -4.32. The molecule has 1 amide bonds. The molecule has 0 unspecified atom stereocenters. The number of aromatic amines is 1. The molecule has 6 rings (SSSR count). The summed E-state index contributed by atoms with van der Waals surface area (Å²) >= 11 is 0. The monoisotopic (exact) mass is 528 g/mol. The van der Waals surface area contributed by atoms with E-state index in [1.807, 2.05) is 63.2 Å². The fraction of sp³-hybridized carbons (Fsp3) is 0.407. The molecule has 2 aliphatic rings. The topological polar surface area (TPSA) is 130 Å². The van der Waals surface area contributed by atoms with Crippen LogP contribution in [-0.4, -0.2) is 74.1 Å². The molecule has 2 aliphatic heterocycles. The highest BCUT2D eigenvalue weighted by Gasteiger charge is 2.41. The molecular formula is C27H32N10O2. The number of pyridine rings is 1. The van der Waals surface area contributed by atoms with Crippen LogP contribution in [0.3, 0.4) is 0 Å². The molecule has 3 aromatic heterocycles. The van der Waals surface area contributed by atoms with E-state index in [9.17, 15) is 4.79 Å². The second-order valence-electron chi connectivity index (χ2n) is 10.5. The van der Waals surface area contributed by atoms with E-state index < -0.39 is 5.54 Å². The zero-order valence-corrected chi connectivity index (χ0v) is 22.8. The second kappa shape index (κ2) is 9.45. The van der Waals surface area contributed by atoms with Crippen LogP contribution in [0.5, 0.6) is 0 Å². The quantitative estimate of drug-likeness (QED) is 0.401. The van der Waals surface area contributed by atoms with Gasteiger partial charge < -0.3 is 19.9 Å². The Kier molecular flexibility index (Phi) is 6.06. The standard InChI is InChI=1S/C27H32N10O2/c1-6-19-15-36(11-12-39-19)22-13-17(9-10-28-22)24-20-14-18(7-8-21(20)30-31-24)29-25(38)23-16(2)35(5)26-32-33-34-37(26)27(23,3)4/h7-10,13-14,19H,6,11-12,15H2,1-5H3,(H,29,38)(H,30,31)/t19-/m0/s1. The van der Waals surface area contributed by atoms with Crippen LogP contribution in [-0.2, 0) is 15.1 Å². The SMILES string of the molecule is CC[C@H]1CN(c2cc(-c3n[nH]c4ccc(NC(=O)C5=C(C)N(C)c6nnnn6C5(C)C)cc34)ccn2)CCO1. The Morgan fingerprint density at radius 3 is 2.92 bits per heavy atom. The van der Waals surface area contributed by atoms with Gasteiger partial charge in [0.15, 0.2) is 0 Å². The van der Waals surface area contributed by atoms with E-state index in [-0.39, 0.29) is 12.0 Å². The minimum absolute atomic E-state index is 0.209. The van der Waals surface area contributed by atoms with Gasteiger partial charge in [-0.05, 0) is 68.0 Å². The molecule has 0 saturated carbocycles. The number of carbonyl (C=O) groups excluding carboxylic acids is 1. The predicted molar refractivity (Wildman–Crippen MR) is 148 cm³/mol. The maximum Gasteiger partial charge on any atom is 0.255 e. The molecule has 12 heteroatoms. The van der Waals surface area contributed by atoms with E-state index in [2.05, 4.69) is 53.9 Å². The molecule has 1 fully saturated rings. The highest BCUT2D eigenvalue weighted by atomic mass is 16.5. The van der Waals surface area contributed by atoms with E-state index in [1.165, 1.54) is 0 Å². The number of amides is 1. The molecule has 0 bridgehead atoms. The number of morpholine rings is 1. The molecular weight excluding hydrogens is 496 g/mol. The number of hydrogen-bond donors (Lipinski definition) is 2. The maximum atomic E-state index is 13.6. The number of benzene rings is 1. The van der Waals surface area contributed by atoms with E-state index >= 15 is 0 Å². The Bertz CT molecular complexity index is 1590. The van der Waals surface area contributed by atoms with Gasteiger partial charge in [-0.2, -0.15) is 5.10 Å². The number of fused-ring (bicyclic) bond motifs is 2. The van der Waals surface area contributed by atoms with Gasteiger partial charge in [0.05, 0.1) is 29.3 Å². The highest BCUT2D eigenvalue weighted by molar-refractivity contribution is 6.07. The third-order valence-electron chi connectivity index (χ3n) is 7.74. The lowest BCUT2D eigenvalue weighted by Gasteiger charge is -2.37. The van der Waals surface area contributed by atoms with Crippen LogP contribution in [0, 0.1) is 0 Å². The molecule has 0 spiro atoms. The van der Waals surface area contributed by atoms with Gasteiger partial charge in [0, 0.05) is 48.7 Å². The minimum atomic E-state index is -0.728.